The van der Waals surface area contributed by atoms with E-state index >= 15 is 0 Å². The van der Waals surface area contributed by atoms with Gasteiger partial charge >= 0.3 is 0 Å². The smallest absolute Gasteiger partial charge is 0.147 e. The van der Waals surface area contributed by atoms with Crippen LogP contribution in [-0.2, 0) is 24.3 Å². The van der Waals surface area contributed by atoms with Gasteiger partial charge in [0, 0.05) is 65.7 Å². The fraction of sp³-hybridized carbons (Fsp3) is 0.364. The molecule has 0 fully saturated rings. The van der Waals surface area contributed by atoms with Crippen LogP contribution in [0.2, 0.25) is 5.02 Å². The molecule has 0 saturated carbocycles. The molecule has 1 atom stereocenters. The van der Waals surface area contributed by atoms with Crippen LogP contribution in [0, 0.1) is 5.92 Å². The Bertz CT molecular complexity index is 975. The molecule has 0 bridgehead atoms. The van der Waals surface area contributed by atoms with Crippen LogP contribution in [0.5, 0.6) is 0 Å². The number of ketones is 1. The van der Waals surface area contributed by atoms with Crippen molar-refractivity contribution < 1.29 is 4.79 Å². The highest BCUT2D eigenvalue weighted by atomic mass is 35.5. The predicted octanol–water partition coefficient (Wildman–Crippen LogP) is 2.87. The van der Waals surface area contributed by atoms with E-state index in [4.69, 9.17) is 23.1 Å². The van der Waals surface area contributed by atoms with Crippen molar-refractivity contribution in [3.8, 4) is 0 Å². The zero-order valence-electron chi connectivity index (χ0n) is 16.8. The summed E-state index contributed by atoms with van der Waals surface area (Å²) < 4.78 is 2.31. The molecule has 1 aromatic heterocycles. The fourth-order valence-electron chi connectivity index (χ4n) is 4.10. The number of aromatic nitrogens is 1. The van der Waals surface area contributed by atoms with Crippen molar-refractivity contribution in [1.29, 1.82) is 0 Å². The highest BCUT2D eigenvalue weighted by molar-refractivity contribution is 6.31. The molecule has 1 aliphatic heterocycles. The molecule has 1 unspecified atom stereocenters. The van der Waals surface area contributed by atoms with Crippen LogP contribution in [-0.4, -0.2) is 41.7 Å². The number of allylic oxidation sites excluding steroid dienone is 3. The van der Waals surface area contributed by atoms with Crippen molar-refractivity contribution in [3.05, 3.63) is 58.9 Å². The molecule has 154 valence electrons. The number of nitrogens with zero attached hydrogens (tertiary/aromatic N) is 3. The number of halogens is 1. The van der Waals surface area contributed by atoms with Crippen LogP contribution in [0.1, 0.15) is 17.7 Å². The number of carbonyl (C=O) groups is 1. The fourth-order valence-corrected chi connectivity index (χ4v) is 4.27. The second-order valence-corrected chi connectivity index (χ2v) is 7.87. The summed E-state index contributed by atoms with van der Waals surface area (Å²) in [6, 6.07) is 6.00. The summed E-state index contributed by atoms with van der Waals surface area (Å²) in [7, 11) is 2.13. The first-order valence-corrected chi connectivity index (χ1v) is 10.1. The second-order valence-electron chi connectivity index (χ2n) is 7.43. The molecule has 29 heavy (non-hydrogen) atoms. The van der Waals surface area contributed by atoms with Crippen LogP contribution in [0.3, 0.4) is 0 Å². The zero-order valence-corrected chi connectivity index (χ0v) is 17.5. The Kier molecular flexibility index (Phi) is 6.90. The zero-order chi connectivity index (χ0) is 21.0. The van der Waals surface area contributed by atoms with Crippen molar-refractivity contribution in [1.82, 2.24) is 9.47 Å². The molecule has 2 aromatic rings. The predicted molar refractivity (Wildman–Crippen MR) is 120 cm³/mol. The van der Waals surface area contributed by atoms with Gasteiger partial charge in [-0.2, -0.15) is 0 Å². The summed E-state index contributed by atoms with van der Waals surface area (Å²) in [6.07, 6.45) is 5.97. The van der Waals surface area contributed by atoms with Crippen LogP contribution in [0.15, 0.2) is 47.6 Å². The lowest BCUT2D eigenvalue weighted by atomic mass is 9.97. The van der Waals surface area contributed by atoms with E-state index in [2.05, 4.69) is 34.2 Å². The van der Waals surface area contributed by atoms with E-state index in [1.165, 1.54) is 23.0 Å². The second kappa shape index (κ2) is 9.39. The third-order valence-corrected chi connectivity index (χ3v) is 5.68. The molecule has 2 heterocycles. The number of fused-ring (bicyclic) bond motifs is 3. The standard InChI is InChI=1S/C22H28ClN5O/c1-3-4-20(26-14-25)15(9-17(29)11-24)12-28-21-6-5-16(23)10-18(21)19-13-27(2)8-7-22(19)28/h3-6,10,14-15H,1,7-9,11-13,24H2,2H3,(H2,25,26)/b20-4-. The number of benzene rings is 1. The van der Waals surface area contributed by atoms with Gasteiger partial charge < -0.3 is 20.9 Å². The van der Waals surface area contributed by atoms with Crippen LogP contribution in [0.25, 0.3) is 10.9 Å². The van der Waals surface area contributed by atoms with E-state index in [1.54, 1.807) is 12.2 Å². The first-order valence-electron chi connectivity index (χ1n) is 9.75. The van der Waals surface area contributed by atoms with E-state index in [0.29, 0.717) is 13.0 Å². The summed E-state index contributed by atoms with van der Waals surface area (Å²) >= 11 is 6.30. The summed E-state index contributed by atoms with van der Waals surface area (Å²) in [5.74, 6) is -0.163. The molecule has 0 saturated heterocycles. The molecule has 3 rings (SSSR count). The first-order chi connectivity index (χ1) is 14.0. The Morgan fingerprint density at radius 2 is 2.24 bits per heavy atom. The van der Waals surface area contributed by atoms with E-state index in [0.717, 1.165) is 35.7 Å². The number of hydrogen-bond donors (Lipinski definition) is 2. The van der Waals surface area contributed by atoms with Gasteiger partial charge in [-0.05, 0) is 36.9 Å². The number of likely N-dealkylation sites (N-methyl/N-ethyl adjacent to an activating group) is 1. The average Bonchev–Trinajstić information content (AvgIpc) is 2.99. The largest absolute Gasteiger partial charge is 0.390 e. The van der Waals surface area contributed by atoms with E-state index in [-0.39, 0.29) is 18.2 Å². The maximum Gasteiger partial charge on any atom is 0.147 e. The van der Waals surface area contributed by atoms with Gasteiger partial charge in [-0.3, -0.25) is 4.79 Å². The molecular weight excluding hydrogens is 386 g/mol. The summed E-state index contributed by atoms with van der Waals surface area (Å²) in [6.45, 7) is 6.25. The quantitative estimate of drug-likeness (QED) is 0.395. The number of aliphatic imine (C=N–C) groups is 1. The third-order valence-electron chi connectivity index (χ3n) is 5.44. The molecule has 0 amide bonds. The van der Waals surface area contributed by atoms with Gasteiger partial charge in [-0.1, -0.05) is 24.3 Å². The third kappa shape index (κ3) is 4.61. The topological polar surface area (TPSA) is 89.6 Å². The van der Waals surface area contributed by atoms with Gasteiger partial charge in [-0.15, -0.1) is 0 Å². The van der Waals surface area contributed by atoms with Gasteiger partial charge in [0.05, 0.1) is 12.9 Å². The lowest BCUT2D eigenvalue weighted by molar-refractivity contribution is -0.118. The van der Waals surface area contributed by atoms with Gasteiger partial charge in [0.2, 0.25) is 0 Å². The minimum Gasteiger partial charge on any atom is -0.390 e. The average molecular weight is 414 g/mol. The van der Waals surface area contributed by atoms with E-state index in [9.17, 15) is 4.79 Å². The normalized spacial score (nSPS) is 16.3. The van der Waals surface area contributed by atoms with Crippen molar-refractivity contribution in [3.63, 3.8) is 0 Å². The summed E-state index contributed by atoms with van der Waals surface area (Å²) in [5, 5.41) is 1.89. The Balaban J connectivity index is 2.11. The SMILES string of the molecule is C=C/C=C(\N=CN)C(CC(=O)CN)Cn1c2c(c3cc(Cl)ccc31)CN(C)CC2. The van der Waals surface area contributed by atoms with Crippen LogP contribution >= 0.6 is 11.6 Å². The molecule has 4 N–H and O–H groups in total. The van der Waals surface area contributed by atoms with Crippen molar-refractivity contribution in [2.24, 2.45) is 22.4 Å². The van der Waals surface area contributed by atoms with Gasteiger partial charge in [0.15, 0.2) is 0 Å². The molecule has 6 nitrogen and oxygen atoms in total. The summed E-state index contributed by atoms with van der Waals surface area (Å²) in [4.78, 5) is 18.8. The number of Topliss-reactive ketones (excluding diaryl/α,β-unsaturated/α-hetero) is 1. The Morgan fingerprint density at radius 1 is 1.45 bits per heavy atom. The molecule has 1 aliphatic rings. The van der Waals surface area contributed by atoms with Crippen molar-refractivity contribution in [2.45, 2.75) is 25.9 Å². The molecule has 0 aliphatic carbocycles. The van der Waals surface area contributed by atoms with E-state index in [1.807, 2.05) is 12.1 Å². The van der Waals surface area contributed by atoms with Gasteiger partial charge in [-0.25, -0.2) is 4.99 Å². The van der Waals surface area contributed by atoms with Gasteiger partial charge in [0.25, 0.3) is 0 Å². The summed E-state index contributed by atoms with van der Waals surface area (Å²) in [5.41, 5.74) is 15.6. The van der Waals surface area contributed by atoms with Crippen molar-refractivity contribution in [2.75, 3.05) is 20.1 Å². The Morgan fingerprint density at radius 3 is 2.93 bits per heavy atom. The monoisotopic (exact) mass is 413 g/mol. The minimum atomic E-state index is -0.154. The molecule has 7 heteroatoms. The number of nitrogens with two attached hydrogens (primary N) is 2. The number of carbonyl (C=O) groups excluding carboxylic acids is 1. The maximum atomic E-state index is 12.2. The molecule has 0 spiro atoms. The van der Waals surface area contributed by atoms with Crippen LogP contribution < -0.4 is 11.5 Å². The molecule has 0 radical (unpaired) electrons. The lowest BCUT2D eigenvalue weighted by Crippen LogP contribution is -2.28. The van der Waals surface area contributed by atoms with Crippen LogP contribution in [0.4, 0.5) is 0 Å². The maximum absolute atomic E-state index is 12.2. The first kappa shape index (κ1) is 21.3. The Hall–Kier alpha value is -2.41. The number of hydrogen-bond acceptors (Lipinski definition) is 4. The lowest BCUT2D eigenvalue weighted by Gasteiger charge is -2.26. The van der Waals surface area contributed by atoms with Gasteiger partial charge in [0.1, 0.15) is 5.78 Å². The highest BCUT2D eigenvalue weighted by Gasteiger charge is 2.26. The molecule has 1 aromatic carbocycles. The molecular formula is C22H28ClN5O. The van der Waals surface area contributed by atoms with E-state index < -0.39 is 0 Å². The number of rotatable bonds is 8. The minimum absolute atomic E-state index is 0.00899. The Labute approximate surface area is 176 Å². The van der Waals surface area contributed by atoms with Crippen molar-refractivity contribution >= 4 is 34.6 Å². The highest BCUT2D eigenvalue weighted by Crippen LogP contribution is 2.34.